The maximum Gasteiger partial charge on any atom is 0.415 e. The molecule has 4 heterocycles. The molecule has 1 N–H and O–H groups in total. The third-order valence-corrected chi connectivity index (χ3v) is 8.18. The van der Waals surface area contributed by atoms with Gasteiger partial charge in [0.05, 0.1) is 23.3 Å². The van der Waals surface area contributed by atoms with Crippen LogP contribution in [0.5, 0.6) is 0 Å². The Bertz CT molecular complexity index is 1380. The van der Waals surface area contributed by atoms with Gasteiger partial charge in [-0.2, -0.15) is 4.37 Å². The number of amides is 2. The van der Waals surface area contributed by atoms with E-state index in [0.717, 1.165) is 30.7 Å². The Balaban J connectivity index is 1.71. The molecule has 4 aromatic rings. The third kappa shape index (κ3) is 6.91. The van der Waals surface area contributed by atoms with Gasteiger partial charge < -0.3 is 19.4 Å². The molecule has 1 unspecified atom stereocenters. The lowest BCUT2D eigenvalue weighted by molar-refractivity contribution is 0.0507. The maximum absolute atomic E-state index is 13.4. The van der Waals surface area contributed by atoms with Gasteiger partial charge in [-0.3, -0.25) is 4.90 Å². The zero-order valence-corrected chi connectivity index (χ0v) is 25.1. The molecule has 0 radical (unpaired) electrons. The molecule has 38 heavy (non-hydrogen) atoms. The average Bonchev–Trinajstić information content (AvgIpc) is 3.55. The first-order valence-corrected chi connectivity index (χ1v) is 14.7. The van der Waals surface area contributed by atoms with Crippen LogP contribution < -0.4 is 10.2 Å². The van der Waals surface area contributed by atoms with Crippen LogP contribution >= 0.6 is 34.2 Å². The van der Waals surface area contributed by atoms with E-state index in [0.29, 0.717) is 13.0 Å². The largest absolute Gasteiger partial charge is 0.444 e. The number of thiophene rings is 2. The number of aromatic nitrogens is 3. The van der Waals surface area contributed by atoms with E-state index in [2.05, 4.69) is 10.3 Å². The molecule has 0 saturated carbocycles. The van der Waals surface area contributed by atoms with Gasteiger partial charge in [-0.05, 0) is 71.4 Å². The van der Waals surface area contributed by atoms with Crippen LogP contribution in [0.3, 0.4) is 0 Å². The van der Waals surface area contributed by atoms with Crippen LogP contribution in [0.2, 0.25) is 0 Å². The summed E-state index contributed by atoms with van der Waals surface area (Å²) in [4.78, 5) is 33.7. The molecular formula is C26H33N5O4S3. The first kappa shape index (κ1) is 28.1. The molecule has 0 aliphatic carbocycles. The van der Waals surface area contributed by atoms with Crippen molar-refractivity contribution in [2.24, 2.45) is 0 Å². The van der Waals surface area contributed by atoms with Gasteiger partial charge in [0.15, 0.2) is 0 Å². The van der Waals surface area contributed by atoms with Gasteiger partial charge in [0.2, 0.25) is 0 Å². The second-order valence-corrected chi connectivity index (χ2v) is 13.8. The second-order valence-electron chi connectivity index (χ2n) is 10.9. The standard InChI is InChI=1S/C26H33N5O4S3/c1-16(28-23(32)34-25(2,3)4)13-18-20(30-11-10-27-15-30)19-21(37-18)22(38-29-19)31(14-17-9-8-12-36-17)24(33)35-26(5,6)7/h8-12,15-16H,13-14H2,1-7H3,(H,28,32). The highest BCUT2D eigenvalue weighted by molar-refractivity contribution is 7.25. The fourth-order valence-corrected chi connectivity index (χ4v) is 6.79. The molecule has 4 aromatic heterocycles. The number of rotatable bonds is 7. The lowest BCUT2D eigenvalue weighted by Crippen LogP contribution is -2.38. The molecule has 2 amide bonds. The fraction of sp³-hybridized carbons (Fsp3) is 0.462. The molecule has 0 aromatic carbocycles. The molecule has 12 heteroatoms. The summed E-state index contributed by atoms with van der Waals surface area (Å²) in [6, 6.07) is 3.77. The molecule has 0 bridgehead atoms. The van der Waals surface area contributed by atoms with Crippen molar-refractivity contribution in [1.29, 1.82) is 0 Å². The molecule has 4 rings (SSSR count). The van der Waals surface area contributed by atoms with E-state index in [1.165, 1.54) is 11.5 Å². The molecule has 1 atom stereocenters. The van der Waals surface area contributed by atoms with Crippen molar-refractivity contribution in [2.45, 2.75) is 78.7 Å². The minimum absolute atomic E-state index is 0.199. The number of anilines is 1. The Hall–Kier alpha value is -2.96. The number of carbonyl (C=O) groups is 2. The first-order valence-electron chi connectivity index (χ1n) is 12.2. The van der Waals surface area contributed by atoms with Gasteiger partial charge in [-0.25, -0.2) is 14.6 Å². The number of fused-ring (bicyclic) bond motifs is 1. The quantitative estimate of drug-likeness (QED) is 0.255. The fourth-order valence-electron chi connectivity index (χ4n) is 3.72. The summed E-state index contributed by atoms with van der Waals surface area (Å²) in [6.07, 6.45) is 4.98. The van der Waals surface area contributed by atoms with E-state index < -0.39 is 23.4 Å². The summed E-state index contributed by atoms with van der Waals surface area (Å²) in [6.45, 7) is 13.4. The number of imidazole rings is 1. The van der Waals surface area contributed by atoms with Crippen molar-refractivity contribution >= 4 is 61.6 Å². The Morgan fingerprint density at radius 3 is 2.50 bits per heavy atom. The lowest BCUT2D eigenvalue weighted by Gasteiger charge is -2.26. The number of hydrogen-bond acceptors (Lipinski definition) is 9. The monoisotopic (exact) mass is 575 g/mol. The van der Waals surface area contributed by atoms with Crippen LogP contribution in [-0.2, 0) is 22.4 Å². The molecule has 204 valence electrons. The van der Waals surface area contributed by atoms with Gasteiger partial charge in [-0.15, -0.1) is 22.7 Å². The van der Waals surface area contributed by atoms with E-state index in [4.69, 9.17) is 13.8 Å². The van der Waals surface area contributed by atoms with Gasteiger partial charge in [-0.1, -0.05) is 6.07 Å². The van der Waals surface area contributed by atoms with E-state index >= 15 is 0 Å². The predicted octanol–water partition coefficient (Wildman–Crippen LogP) is 7.00. The van der Waals surface area contributed by atoms with Gasteiger partial charge in [0, 0.05) is 34.6 Å². The normalized spacial score (nSPS) is 12.9. The van der Waals surface area contributed by atoms with Crippen molar-refractivity contribution in [3.8, 4) is 5.69 Å². The van der Waals surface area contributed by atoms with E-state index in [-0.39, 0.29) is 6.04 Å². The number of carbonyl (C=O) groups excluding carboxylic acids is 2. The van der Waals surface area contributed by atoms with Crippen molar-refractivity contribution in [3.05, 3.63) is 46.0 Å². The van der Waals surface area contributed by atoms with Crippen LogP contribution in [0, 0.1) is 0 Å². The molecule has 9 nitrogen and oxygen atoms in total. The third-order valence-electron chi connectivity index (χ3n) is 5.12. The summed E-state index contributed by atoms with van der Waals surface area (Å²) in [7, 11) is 0. The van der Waals surface area contributed by atoms with Gasteiger partial charge in [0.25, 0.3) is 0 Å². The lowest BCUT2D eigenvalue weighted by atomic mass is 10.2. The smallest absolute Gasteiger partial charge is 0.415 e. The van der Waals surface area contributed by atoms with E-state index in [1.807, 2.05) is 76.7 Å². The van der Waals surface area contributed by atoms with E-state index in [9.17, 15) is 9.59 Å². The predicted molar refractivity (Wildman–Crippen MR) is 154 cm³/mol. The molecule has 0 saturated heterocycles. The SMILES string of the molecule is CC(Cc1sc2c(N(Cc3cccs3)C(=O)OC(C)(C)C)snc2c1-n1ccnc1)NC(=O)OC(C)(C)C. The molecule has 0 spiro atoms. The van der Waals surface area contributed by atoms with E-state index in [1.54, 1.807) is 40.1 Å². The zero-order valence-electron chi connectivity index (χ0n) is 22.6. The number of hydrogen-bond donors (Lipinski definition) is 1. The highest BCUT2D eigenvalue weighted by Gasteiger charge is 2.30. The Kier molecular flexibility index (Phi) is 8.15. The zero-order chi connectivity index (χ0) is 27.7. The molecule has 0 aliphatic heterocycles. The Morgan fingerprint density at radius 2 is 1.89 bits per heavy atom. The Morgan fingerprint density at radius 1 is 1.16 bits per heavy atom. The summed E-state index contributed by atoms with van der Waals surface area (Å²) in [5, 5.41) is 5.64. The molecule has 0 fully saturated rings. The van der Waals surface area contributed by atoms with Crippen LogP contribution in [0.15, 0.2) is 36.2 Å². The van der Waals surface area contributed by atoms with Gasteiger partial charge in [0.1, 0.15) is 21.7 Å². The minimum atomic E-state index is -0.639. The van der Waals surface area contributed by atoms with Crippen LogP contribution in [0.1, 0.15) is 58.2 Å². The summed E-state index contributed by atoms with van der Waals surface area (Å²) in [5.74, 6) is 0. The summed E-state index contributed by atoms with van der Waals surface area (Å²) >= 11 is 4.43. The van der Waals surface area contributed by atoms with Crippen molar-refractivity contribution in [3.63, 3.8) is 0 Å². The van der Waals surface area contributed by atoms with Crippen molar-refractivity contribution in [1.82, 2.24) is 19.2 Å². The molecular weight excluding hydrogens is 543 g/mol. The van der Waals surface area contributed by atoms with Crippen LogP contribution in [0.25, 0.3) is 15.9 Å². The van der Waals surface area contributed by atoms with Crippen molar-refractivity contribution < 1.29 is 19.1 Å². The van der Waals surface area contributed by atoms with Crippen LogP contribution in [-0.4, -0.2) is 43.4 Å². The summed E-state index contributed by atoms with van der Waals surface area (Å²) in [5.41, 5.74) is 0.457. The minimum Gasteiger partial charge on any atom is -0.444 e. The molecule has 0 aliphatic rings. The second kappa shape index (κ2) is 11.0. The topological polar surface area (TPSA) is 98.6 Å². The number of nitrogens with one attached hydrogen (secondary N) is 1. The average molecular weight is 576 g/mol. The highest BCUT2D eigenvalue weighted by atomic mass is 32.1. The Labute approximate surface area is 234 Å². The summed E-state index contributed by atoms with van der Waals surface area (Å²) < 4.78 is 18.8. The number of nitrogens with zero attached hydrogens (tertiary/aromatic N) is 4. The first-order chi connectivity index (χ1) is 17.8. The number of ether oxygens (including phenoxy) is 2. The highest BCUT2D eigenvalue weighted by Crippen LogP contribution is 2.43. The van der Waals surface area contributed by atoms with Crippen molar-refractivity contribution in [2.75, 3.05) is 4.90 Å². The van der Waals surface area contributed by atoms with Gasteiger partial charge >= 0.3 is 12.2 Å². The maximum atomic E-state index is 13.4. The number of alkyl carbamates (subject to hydrolysis) is 1. The van der Waals surface area contributed by atoms with Crippen LogP contribution in [0.4, 0.5) is 14.6 Å².